The molecular weight excluding hydrogens is 134 g/mol. The first kappa shape index (κ1) is 6.84. The van der Waals surface area contributed by atoms with Crippen molar-refractivity contribution in [3.8, 4) is 0 Å². The quantitative estimate of drug-likeness (QED) is 0.499. The molecule has 0 amide bonds. The van der Waals surface area contributed by atoms with Gasteiger partial charge in [0.05, 0.1) is 0 Å². The molecule has 0 aromatic heterocycles. The largest absolute Gasteiger partial charge is 0.265 e. The lowest BCUT2D eigenvalue weighted by molar-refractivity contribution is 0.553. The second-order valence-corrected chi connectivity index (χ2v) is 3.29. The summed E-state index contributed by atoms with van der Waals surface area (Å²) < 4.78 is 0. The summed E-state index contributed by atoms with van der Waals surface area (Å²) in [5.41, 5.74) is 2.69. The molecule has 11 heavy (non-hydrogen) atoms. The number of rotatable bonds is 0. The molecule has 2 aliphatic rings. The van der Waals surface area contributed by atoms with Crippen LogP contribution in [0.3, 0.4) is 0 Å². The maximum absolute atomic E-state index is 4.44. The monoisotopic (exact) mass is 147 g/mol. The van der Waals surface area contributed by atoms with Crippen molar-refractivity contribution in [1.29, 1.82) is 0 Å². The van der Waals surface area contributed by atoms with Crippen molar-refractivity contribution >= 4 is 6.21 Å². The van der Waals surface area contributed by atoms with Gasteiger partial charge in [0.25, 0.3) is 0 Å². The molecule has 0 aromatic rings. The summed E-state index contributed by atoms with van der Waals surface area (Å²) in [5.74, 6) is 0.727. The van der Waals surface area contributed by atoms with E-state index >= 15 is 0 Å². The van der Waals surface area contributed by atoms with Gasteiger partial charge in [-0.05, 0) is 31.8 Å². The van der Waals surface area contributed by atoms with Crippen LogP contribution < -0.4 is 0 Å². The van der Waals surface area contributed by atoms with Crippen LogP contribution in [0, 0.1) is 5.92 Å². The maximum Gasteiger partial charge on any atom is 0.0462 e. The Labute approximate surface area is 67.5 Å². The molecule has 58 valence electrons. The number of hydrogen-bond donors (Lipinski definition) is 0. The lowest BCUT2D eigenvalue weighted by Crippen LogP contribution is -2.11. The van der Waals surface area contributed by atoms with E-state index in [0.29, 0.717) is 0 Å². The average Bonchev–Trinajstić information content (AvgIpc) is 2.06. The Hall–Kier alpha value is -0.850. The summed E-state index contributed by atoms with van der Waals surface area (Å²) in [7, 11) is 0. The number of hydrogen-bond acceptors (Lipinski definition) is 1. The van der Waals surface area contributed by atoms with Gasteiger partial charge in [-0.25, -0.2) is 0 Å². The van der Waals surface area contributed by atoms with Crippen LogP contribution in [0.25, 0.3) is 0 Å². The highest BCUT2D eigenvalue weighted by molar-refractivity contribution is 5.61. The molecule has 1 heterocycles. The topological polar surface area (TPSA) is 12.4 Å². The molecule has 0 radical (unpaired) electrons. The fourth-order valence-electron chi connectivity index (χ4n) is 1.83. The van der Waals surface area contributed by atoms with E-state index in [4.69, 9.17) is 0 Å². The van der Waals surface area contributed by atoms with Crippen molar-refractivity contribution < 1.29 is 0 Å². The molecule has 0 saturated carbocycles. The smallest absolute Gasteiger partial charge is 0.0462 e. The lowest BCUT2D eigenvalue weighted by Gasteiger charge is -2.23. The van der Waals surface area contributed by atoms with E-state index in [1.807, 2.05) is 0 Å². The third-order valence-electron chi connectivity index (χ3n) is 2.45. The Bertz CT molecular complexity index is 246. The van der Waals surface area contributed by atoms with Gasteiger partial charge in [0.1, 0.15) is 0 Å². The molecule has 2 rings (SSSR count). The van der Waals surface area contributed by atoms with Crippen LogP contribution in [0.4, 0.5) is 0 Å². The van der Waals surface area contributed by atoms with Crippen LogP contribution in [0.15, 0.2) is 28.4 Å². The summed E-state index contributed by atoms with van der Waals surface area (Å²) in [6.07, 6.45) is 10.2. The molecule has 1 aliphatic carbocycles. The highest BCUT2D eigenvalue weighted by Crippen LogP contribution is 2.31. The zero-order valence-corrected chi connectivity index (χ0v) is 6.88. The van der Waals surface area contributed by atoms with Crippen LogP contribution in [0.5, 0.6) is 0 Å². The molecule has 0 saturated heterocycles. The Morgan fingerprint density at radius 3 is 3.27 bits per heavy atom. The van der Waals surface area contributed by atoms with Crippen LogP contribution in [-0.4, -0.2) is 6.21 Å². The summed E-state index contributed by atoms with van der Waals surface area (Å²) in [4.78, 5) is 4.44. The van der Waals surface area contributed by atoms with Crippen LogP contribution in [-0.2, 0) is 0 Å². The summed E-state index contributed by atoms with van der Waals surface area (Å²) in [6.45, 7) is 2.15. The van der Waals surface area contributed by atoms with Crippen molar-refractivity contribution in [2.24, 2.45) is 10.9 Å². The summed E-state index contributed by atoms with van der Waals surface area (Å²) in [5, 5.41) is 0. The molecule has 0 aromatic carbocycles. The number of nitrogens with zero attached hydrogens (tertiary/aromatic N) is 1. The third-order valence-corrected chi connectivity index (χ3v) is 2.45. The Kier molecular flexibility index (Phi) is 1.65. The molecule has 1 nitrogen and oxygen atoms in total. The van der Waals surface area contributed by atoms with Crippen molar-refractivity contribution in [1.82, 2.24) is 0 Å². The third kappa shape index (κ3) is 1.15. The SMILES string of the molecule is CC1=C2N=CCCC2CC=C1. The van der Waals surface area contributed by atoms with Crippen LogP contribution >= 0.6 is 0 Å². The molecule has 1 unspecified atom stereocenters. The van der Waals surface area contributed by atoms with E-state index in [0.717, 1.165) is 12.3 Å². The Morgan fingerprint density at radius 2 is 2.45 bits per heavy atom. The van der Waals surface area contributed by atoms with Crippen LogP contribution in [0.1, 0.15) is 26.2 Å². The number of fused-ring (bicyclic) bond motifs is 1. The zero-order chi connectivity index (χ0) is 7.68. The van der Waals surface area contributed by atoms with E-state index in [9.17, 15) is 0 Å². The molecule has 1 heteroatoms. The normalized spacial score (nSPS) is 29.0. The van der Waals surface area contributed by atoms with Crippen molar-refractivity contribution in [3.63, 3.8) is 0 Å². The molecule has 0 N–H and O–H groups in total. The predicted octanol–water partition coefficient (Wildman–Crippen LogP) is 2.70. The number of aliphatic imine (C=N–C) groups is 1. The predicted molar refractivity (Wildman–Crippen MR) is 47.7 cm³/mol. The number of allylic oxidation sites excluding steroid dienone is 4. The fourth-order valence-corrected chi connectivity index (χ4v) is 1.83. The minimum Gasteiger partial charge on any atom is -0.265 e. The van der Waals surface area contributed by atoms with Gasteiger partial charge in [0.2, 0.25) is 0 Å². The first-order valence-corrected chi connectivity index (χ1v) is 4.28. The molecule has 0 fully saturated rings. The van der Waals surface area contributed by atoms with Gasteiger partial charge in [-0.3, -0.25) is 4.99 Å². The van der Waals surface area contributed by atoms with Crippen LogP contribution in [0.2, 0.25) is 0 Å². The van der Waals surface area contributed by atoms with Crippen molar-refractivity contribution in [2.45, 2.75) is 26.2 Å². The van der Waals surface area contributed by atoms with Gasteiger partial charge in [0.15, 0.2) is 0 Å². The van der Waals surface area contributed by atoms with E-state index in [-0.39, 0.29) is 0 Å². The van der Waals surface area contributed by atoms with Gasteiger partial charge in [-0.1, -0.05) is 12.2 Å². The highest BCUT2D eigenvalue weighted by atomic mass is 14.8. The average molecular weight is 147 g/mol. The van der Waals surface area contributed by atoms with Crippen molar-refractivity contribution in [3.05, 3.63) is 23.4 Å². The molecule has 1 atom stereocenters. The van der Waals surface area contributed by atoms with Gasteiger partial charge in [-0.2, -0.15) is 0 Å². The molecule has 0 spiro atoms. The molecule has 1 aliphatic heterocycles. The summed E-state index contributed by atoms with van der Waals surface area (Å²) in [6, 6.07) is 0. The van der Waals surface area contributed by atoms with Gasteiger partial charge < -0.3 is 0 Å². The second kappa shape index (κ2) is 2.65. The molecule has 0 bridgehead atoms. The lowest BCUT2D eigenvalue weighted by atomic mass is 9.88. The first-order valence-electron chi connectivity index (χ1n) is 4.28. The standard InChI is InChI=1S/C10H13N/c1-8-4-2-5-9-6-3-7-11-10(8)9/h2,4,7,9H,3,5-6H2,1H3. The maximum atomic E-state index is 4.44. The van der Waals surface area contributed by atoms with E-state index in [1.165, 1.54) is 24.1 Å². The van der Waals surface area contributed by atoms with Gasteiger partial charge in [-0.15, -0.1) is 0 Å². The highest BCUT2D eigenvalue weighted by Gasteiger charge is 2.18. The first-order chi connectivity index (χ1) is 5.38. The second-order valence-electron chi connectivity index (χ2n) is 3.29. The summed E-state index contributed by atoms with van der Waals surface area (Å²) >= 11 is 0. The Balaban J connectivity index is 2.37. The molecular formula is C10H13N. The van der Waals surface area contributed by atoms with E-state index < -0.39 is 0 Å². The minimum absolute atomic E-state index is 0.727. The zero-order valence-electron chi connectivity index (χ0n) is 6.88. The fraction of sp³-hybridized carbons (Fsp3) is 0.500. The van der Waals surface area contributed by atoms with E-state index in [2.05, 4.69) is 30.3 Å². The van der Waals surface area contributed by atoms with E-state index in [1.54, 1.807) is 0 Å². The Morgan fingerprint density at radius 1 is 1.55 bits per heavy atom. The van der Waals surface area contributed by atoms with Crippen molar-refractivity contribution in [2.75, 3.05) is 0 Å². The van der Waals surface area contributed by atoms with Gasteiger partial charge >= 0.3 is 0 Å². The van der Waals surface area contributed by atoms with Gasteiger partial charge in [0, 0.05) is 17.8 Å². The minimum atomic E-state index is 0.727.